The number of aromatic nitrogens is 2. The zero-order chi connectivity index (χ0) is 15.7. The van der Waals surface area contributed by atoms with Gasteiger partial charge in [-0.1, -0.05) is 27.7 Å². The van der Waals surface area contributed by atoms with Crippen molar-refractivity contribution in [2.24, 2.45) is 0 Å². The van der Waals surface area contributed by atoms with Gasteiger partial charge in [0, 0.05) is 24.7 Å². The largest absolute Gasteiger partial charge is 0.314 e. The Hall–Kier alpha value is -0.870. The maximum absolute atomic E-state index is 4.73. The minimum Gasteiger partial charge on any atom is -0.314 e. The summed E-state index contributed by atoms with van der Waals surface area (Å²) in [6.07, 6.45) is 5.46. The first-order chi connectivity index (χ1) is 10.1. The van der Waals surface area contributed by atoms with Crippen LogP contribution in [0.5, 0.6) is 0 Å². The maximum atomic E-state index is 4.73. The molecule has 4 nitrogen and oxygen atoms in total. The second-order valence-corrected chi connectivity index (χ2v) is 5.82. The van der Waals surface area contributed by atoms with Crippen LogP contribution in [0.1, 0.15) is 59.2 Å². The molecule has 2 unspecified atom stereocenters. The molecule has 0 amide bonds. The monoisotopic (exact) mass is 294 g/mol. The maximum Gasteiger partial charge on any atom is 0.0640 e. The van der Waals surface area contributed by atoms with Gasteiger partial charge in [0.25, 0.3) is 0 Å². The topological polar surface area (TPSA) is 33.1 Å². The van der Waals surface area contributed by atoms with E-state index in [1.165, 1.54) is 12.1 Å². The molecule has 0 fully saturated rings. The molecule has 0 aliphatic rings. The molecule has 0 saturated carbocycles. The third-order valence-corrected chi connectivity index (χ3v) is 4.34. The molecule has 1 heterocycles. The summed E-state index contributed by atoms with van der Waals surface area (Å²) >= 11 is 0. The Balaban J connectivity index is 2.55. The highest BCUT2D eigenvalue weighted by Crippen LogP contribution is 2.11. The molecule has 122 valence electrons. The molecule has 0 spiro atoms. The first-order valence-electron chi connectivity index (χ1n) is 8.64. The molecule has 4 heteroatoms. The Morgan fingerprint density at radius 2 is 1.95 bits per heavy atom. The molecule has 0 bridgehead atoms. The van der Waals surface area contributed by atoms with E-state index in [4.69, 9.17) is 5.10 Å². The molecule has 0 saturated heterocycles. The van der Waals surface area contributed by atoms with Crippen LogP contribution in [0.2, 0.25) is 0 Å². The predicted octanol–water partition coefficient (Wildman–Crippen LogP) is 3.11. The van der Waals surface area contributed by atoms with Crippen LogP contribution in [0.3, 0.4) is 0 Å². The lowest BCUT2D eigenvalue weighted by molar-refractivity contribution is 0.280. The summed E-state index contributed by atoms with van der Waals surface area (Å²) in [6.45, 7) is 15.5. The van der Waals surface area contributed by atoms with E-state index < -0.39 is 0 Å². The predicted molar refractivity (Wildman–Crippen MR) is 90.8 cm³/mol. The highest BCUT2D eigenvalue weighted by atomic mass is 15.3. The number of nitrogens with one attached hydrogen (secondary N) is 1. The summed E-state index contributed by atoms with van der Waals surface area (Å²) in [6, 6.07) is 3.19. The van der Waals surface area contributed by atoms with E-state index in [1.54, 1.807) is 0 Å². The van der Waals surface area contributed by atoms with Crippen molar-refractivity contribution in [3.05, 3.63) is 18.0 Å². The molecule has 0 aliphatic heterocycles. The van der Waals surface area contributed by atoms with E-state index in [9.17, 15) is 0 Å². The van der Waals surface area contributed by atoms with Gasteiger partial charge >= 0.3 is 0 Å². The third kappa shape index (κ3) is 6.18. The molecule has 2 atom stereocenters. The van der Waals surface area contributed by atoms with Crippen molar-refractivity contribution in [3.63, 3.8) is 0 Å². The Labute approximate surface area is 130 Å². The summed E-state index contributed by atoms with van der Waals surface area (Å²) in [4.78, 5) is 2.49. The second-order valence-electron chi connectivity index (χ2n) is 5.82. The lowest BCUT2D eigenvalue weighted by Gasteiger charge is -2.23. The molecule has 0 aliphatic carbocycles. The standard InChI is InChI=1S/C17H34N4/c1-6-15(5)21-13-11-17(19-21)14-16(18-7-2)10-12-20(8-3)9-4/h11,13,15-16,18H,6-10,12,14H2,1-5H3. The smallest absolute Gasteiger partial charge is 0.0640 e. The van der Waals surface area contributed by atoms with Gasteiger partial charge in [-0.05, 0) is 52.0 Å². The zero-order valence-electron chi connectivity index (χ0n) is 14.6. The van der Waals surface area contributed by atoms with E-state index in [-0.39, 0.29) is 0 Å². The molecular weight excluding hydrogens is 260 g/mol. The molecule has 1 N–H and O–H groups in total. The van der Waals surface area contributed by atoms with Gasteiger partial charge in [-0.15, -0.1) is 0 Å². The average Bonchev–Trinajstić information content (AvgIpc) is 2.96. The highest BCUT2D eigenvalue weighted by molar-refractivity contribution is 5.02. The van der Waals surface area contributed by atoms with Crippen LogP contribution in [0.25, 0.3) is 0 Å². The van der Waals surface area contributed by atoms with E-state index in [1.807, 2.05) is 0 Å². The molecule has 0 radical (unpaired) electrons. The summed E-state index contributed by atoms with van der Waals surface area (Å²) in [5, 5.41) is 8.34. The quantitative estimate of drug-likeness (QED) is 0.681. The lowest BCUT2D eigenvalue weighted by atomic mass is 10.1. The SMILES string of the molecule is CCNC(CCN(CC)CC)Cc1ccn(C(C)CC)n1. The van der Waals surface area contributed by atoms with Crippen molar-refractivity contribution in [3.8, 4) is 0 Å². The van der Waals surface area contributed by atoms with Gasteiger partial charge in [0.2, 0.25) is 0 Å². The number of hydrogen-bond acceptors (Lipinski definition) is 3. The summed E-state index contributed by atoms with van der Waals surface area (Å²) < 4.78 is 2.10. The highest BCUT2D eigenvalue weighted by Gasteiger charge is 2.13. The van der Waals surface area contributed by atoms with Gasteiger partial charge < -0.3 is 10.2 Å². The van der Waals surface area contributed by atoms with Gasteiger partial charge in [0.15, 0.2) is 0 Å². The van der Waals surface area contributed by atoms with E-state index in [2.05, 4.69) is 61.8 Å². The van der Waals surface area contributed by atoms with E-state index in [0.29, 0.717) is 12.1 Å². The Morgan fingerprint density at radius 3 is 2.52 bits per heavy atom. The normalized spacial score (nSPS) is 14.6. The van der Waals surface area contributed by atoms with Crippen LogP contribution in [0.4, 0.5) is 0 Å². The van der Waals surface area contributed by atoms with Crippen molar-refractivity contribution in [1.29, 1.82) is 0 Å². The second kappa shape index (κ2) is 9.96. The van der Waals surface area contributed by atoms with Crippen LogP contribution in [0.15, 0.2) is 12.3 Å². The van der Waals surface area contributed by atoms with E-state index in [0.717, 1.165) is 39.0 Å². The molecule has 21 heavy (non-hydrogen) atoms. The third-order valence-electron chi connectivity index (χ3n) is 4.34. The van der Waals surface area contributed by atoms with Gasteiger partial charge in [0.1, 0.15) is 0 Å². The lowest BCUT2D eigenvalue weighted by Crippen LogP contribution is -2.36. The van der Waals surface area contributed by atoms with Gasteiger partial charge in [-0.2, -0.15) is 5.10 Å². The fraction of sp³-hybridized carbons (Fsp3) is 0.824. The molecular formula is C17H34N4. The summed E-state index contributed by atoms with van der Waals surface area (Å²) in [5.41, 5.74) is 1.21. The Morgan fingerprint density at radius 1 is 1.24 bits per heavy atom. The fourth-order valence-electron chi connectivity index (χ4n) is 2.61. The van der Waals surface area contributed by atoms with Crippen molar-refractivity contribution in [1.82, 2.24) is 20.0 Å². The van der Waals surface area contributed by atoms with Crippen LogP contribution in [-0.2, 0) is 6.42 Å². The number of likely N-dealkylation sites (N-methyl/N-ethyl adjacent to an activating group) is 1. The van der Waals surface area contributed by atoms with Crippen molar-refractivity contribution < 1.29 is 0 Å². The number of nitrogens with zero attached hydrogens (tertiary/aromatic N) is 3. The first-order valence-corrected chi connectivity index (χ1v) is 8.64. The minimum atomic E-state index is 0.493. The van der Waals surface area contributed by atoms with Crippen LogP contribution < -0.4 is 5.32 Å². The van der Waals surface area contributed by atoms with Crippen molar-refractivity contribution in [2.75, 3.05) is 26.2 Å². The van der Waals surface area contributed by atoms with Crippen LogP contribution in [-0.4, -0.2) is 46.9 Å². The Bertz CT molecular complexity index is 371. The molecule has 1 aromatic rings. The van der Waals surface area contributed by atoms with Gasteiger partial charge in [-0.3, -0.25) is 4.68 Å². The molecule has 0 aromatic carbocycles. The number of rotatable bonds is 11. The summed E-state index contributed by atoms with van der Waals surface area (Å²) in [7, 11) is 0. The molecule has 1 rings (SSSR count). The fourth-order valence-corrected chi connectivity index (χ4v) is 2.61. The van der Waals surface area contributed by atoms with Crippen LogP contribution in [0, 0.1) is 0 Å². The van der Waals surface area contributed by atoms with Gasteiger partial charge in [-0.25, -0.2) is 0 Å². The van der Waals surface area contributed by atoms with Gasteiger partial charge in [0.05, 0.1) is 5.69 Å². The average molecular weight is 294 g/mol. The summed E-state index contributed by atoms with van der Waals surface area (Å²) in [5.74, 6) is 0. The van der Waals surface area contributed by atoms with E-state index >= 15 is 0 Å². The van der Waals surface area contributed by atoms with Crippen molar-refractivity contribution in [2.45, 2.75) is 66.0 Å². The molecule has 1 aromatic heterocycles. The minimum absolute atomic E-state index is 0.493. The van der Waals surface area contributed by atoms with Crippen molar-refractivity contribution >= 4 is 0 Å². The van der Waals surface area contributed by atoms with Crippen LogP contribution >= 0.6 is 0 Å². The Kier molecular flexibility index (Phi) is 8.62. The first kappa shape index (κ1) is 18.2. The zero-order valence-corrected chi connectivity index (χ0v) is 14.6. The number of hydrogen-bond donors (Lipinski definition) is 1.